The molecule has 100 valence electrons. The van der Waals surface area contributed by atoms with Crippen LogP contribution in [0.4, 0.5) is 11.4 Å². The highest BCUT2D eigenvalue weighted by Crippen LogP contribution is 2.21. The number of hydrogen-bond donors (Lipinski definition) is 2. The van der Waals surface area contributed by atoms with E-state index in [0.29, 0.717) is 6.54 Å². The molecule has 1 aromatic heterocycles. The third-order valence-electron chi connectivity index (χ3n) is 3.21. The van der Waals surface area contributed by atoms with E-state index in [2.05, 4.69) is 16.4 Å². The lowest BCUT2D eigenvalue weighted by Gasteiger charge is -2.05. The smallest absolute Gasteiger partial charge is 0.271 e. The van der Waals surface area contributed by atoms with E-state index >= 15 is 0 Å². The van der Waals surface area contributed by atoms with Gasteiger partial charge >= 0.3 is 0 Å². The summed E-state index contributed by atoms with van der Waals surface area (Å²) in [5, 5.41) is 15.1. The summed E-state index contributed by atoms with van der Waals surface area (Å²) in [5.41, 5.74) is 3.05. The molecule has 0 spiro atoms. The van der Waals surface area contributed by atoms with Gasteiger partial charge in [0.15, 0.2) is 0 Å². The van der Waals surface area contributed by atoms with Crippen molar-refractivity contribution in [3.8, 4) is 0 Å². The molecule has 0 saturated carbocycles. The van der Waals surface area contributed by atoms with Gasteiger partial charge in [0.05, 0.1) is 4.92 Å². The number of nitro benzene ring substituents is 1. The number of para-hydroxylation sites is 1. The number of aromatic amines is 1. The van der Waals surface area contributed by atoms with Gasteiger partial charge < -0.3 is 10.3 Å². The molecule has 0 fully saturated rings. The Labute approximate surface area is 115 Å². The van der Waals surface area contributed by atoms with Gasteiger partial charge in [-0.25, -0.2) is 0 Å². The number of benzene rings is 2. The second-order valence-corrected chi connectivity index (χ2v) is 4.52. The van der Waals surface area contributed by atoms with E-state index in [4.69, 9.17) is 0 Å². The first-order valence-corrected chi connectivity index (χ1v) is 6.27. The normalized spacial score (nSPS) is 10.6. The molecule has 1 heterocycles. The monoisotopic (exact) mass is 267 g/mol. The number of anilines is 1. The molecule has 3 rings (SSSR count). The highest BCUT2D eigenvalue weighted by Gasteiger charge is 2.06. The number of hydrogen-bond acceptors (Lipinski definition) is 3. The van der Waals surface area contributed by atoms with Crippen molar-refractivity contribution in [2.45, 2.75) is 6.54 Å². The van der Waals surface area contributed by atoms with Gasteiger partial charge in [-0.2, -0.15) is 0 Å². The van der Waals surface area contributed by atoms with Crippen LogP contribution in [0.5, 0.6) is 0 Å². The minimum absolute atomic E-state index is 0.0916. The predicted molar refractivity (Wildman–Crippen MR) is 78.7 cm³/mol. The maximum absolute atomic E-state index is 10.7. The molecule has 0 aliphatic heterocycles. The summed E-state index contributed by atoms with van der Waals surface area (Å²) in [6, 6.07) is 14.6. The van der Waals surface area contributed by atoms with Crippen LogP contribution in [0.3, 0.4) is 0 Å². The van der Waals surface area contributed by atoms with Crippen molar-refractivity contribution in [2.24, 2.45) is 0 Å². The second kappa shape index (κ2) is 5.05. The molecule has 0 bridgehead atoms. The van der Waals surface area contributed by atoms with E-state index in [0.717, 1.165) is 22.2 Å². The summed E-state index contributed by atoms with van der Waals surface area (Å²) < 4.78 is 0. The molecule has 0 atom stereocenters. The number of fused-ring (bicyclic) bond motifs is 1. The average molecular weight is 267 g/mol. The van der Waals surface area contributed by atoms with Crippen molar-refractivity contribution in [3.05, 3.63) is 70.4 Å². The quantitative estimate of drug-likeness (QED) is 0.559. The average Bonchev–Trinajstić information content (AvgIpc) is 2.89. The molecule has 2 N–H and O–H groups in total. The summed E-state index contributed by atoms with van der Waals surface area (Å²) in [6.45, 7) is 0.616. The molecule has 0 saturated heterocycles. The second-order valence-electron chi connectivity index (χ2n) is 4.52. The highest BCUT2D eigenvalue weighted by molar-refractivity contribution is 5.83. The Hall–Kier alpha value is -2.82. The van der Waals surface area contributed by atoms with Crippen molar-refractivity contribution >= 4 is 22.3 Å². The third kappa shape index (κ3) is 2.33. The molecule has 0 aliphatic carbocycles. The van der Waals surface area contributed by atoms with Gasteiger partial charge in [0.2, 0.25) is 0 Å². The largest absolute Gasteiger partial charge is 0.381 e. The zero-order valence-electron chi connectivity index (χ0n) is 10.7. The molecule has 5 nitrogen and oxygen atoms in total. The van der Waals surface area contributed by atoms with Gasteiger partial charge in [-0.1, -0.05) is 24.3 Å². The minimum Gasteiger partial charge on any atom is -0.381 e. The molecular formula is C15H13N3O2. The molecule has 3 aromatic rings. The predicted octanol–water partition coefficient (Wildman–Crippen LogP) is 3.69. The first-order valence-electron chi connectivity index (χ1n) is 6.27. The zero-order chi connectivity index (χ0) is 13.9. The van der Waals surface area contributed by atoms with Crippen molar-refractivity contribution in [1.82, 2.24) is 4.98 Å². The minimum atomic E-state index is -0.392. The molecule has 2 aromatic carbocycles. The van der Waals surface area contributed by atoms with E-state index in [-0.39, 0.29) is 5.69 Å². The van der Waals surface area contributed by atoms with Gasteiger partial charge in [0.25, 0.3) is 5.69 Å². The van der Waals surface area contributed by atoms with Gasteiger partial charge in [0.1, 0.15) is 0 Å². The van der Waals surface area contributed by atoms with Crippen LogP contribution >= 0.6 is 0 Å². The molecule has 20 heavy (non-hydrogen) atoms. The summed E-state index contributed by atoms with van der Waals surface area (Å²) in [4.78, 5) is 13.5. The molecular weight excluding hydrogens is 254 g/mol. The van der Waals surface area contributed by atoms with Crippen LogP contribution in [0.1, 0.15) is 5.56 Å². The number of nitro groups is 1. The van der Waals surface area contributed by atoms with Crippen molar-refractivity contribution < 1.29 is 4.92 Å². The zero-order valence-corrected chi connectivity index (χ0v) is 10.7. The van der Waals surface area contributed by atoms with Crippen molar-refractivity contribution in [2.75, 3.05) is 5.32 Å². The Morgan fingerprint density at radius 3 is 2.85 bits per heavy atom. The Morgan fingerprint density at radius 2 is 2.00 bits per heavy atom. The lowest BCUT2D eigenvalue weighted by Crippen LogP contribution is -1.99. The van der Waals surface area contributed by atoms with Crippen LogP contribution < -0.4 is 5.32 Å². The highest BCUT2D eigenvalue weighted by atomic mass is 16.6. The first-order chi connectivity index (χ1) is 9.74. The molecule has 0 amide bonds. The van der Waals surface area contributed by atoms with E-state index in [1.165, 1.54) is 12.1 Å². The fraction of sp³-hybridized carbons (Fsp3) is 0.0667. The number of aromatic nitrogens is 1. The third-order valence-corrected chi connectivity index (χ3v) is 3.21. The number of nitrogens with zero attached hydrogens (tertiary/aromatic N) is 1. The Kier molecular flexibility index (Phi) is 3.09. The van der Waals surface area contributed by atoms with E-state index in [1.54, 1.807) is 6.07 Å². The van der Waals surface area contributed by atoms with Crippen LogP contribution in [0, 0.1) is 10.1 Å². The maximum atomic E-state index is 10.7. The Balaban J connectivity index is 1.79. The Morgan fingerprint density at radius 1 is 1.15 bits per heavy atom. The van der Waals surface area contributed by atoms with Gasteiger partial charge in [-0.05, 0) is 17.7 Å². The van der Waals surface area contributed by atoms with E-state index < -0.39 is 4.92 Å². The topological polar surface area (TPSA) is 71.0 Å². The number of non-ortho nitro benzene ring substituents is 1. The summed E-state index contributed by atoms with van der Waals surface area (Å²) >= 11 is 0. The number of rotatable bonds is 4. The summed E-state index contributed by atoms with van der Waals surface area (Å²) in [5.74, 6) is 0. The van der Waals surface area contributed by atoms with E-state index in [9.17, 15) is 10.1 Å². The summed E-state index contributed by atoms with van der Waals surface area (Å²) in [6.07, 6.45) is 1.95. The van der Waals surface area contributed by atoms with Gasteiger partial charge in [0, 0.05) is 41.5 Å². The fourth-order valence-electron chi connectivity index (χ4n) is 2.20. The first kappa shape index (κ1) is 12.2. The van der Waals surface area contributed by atoms with Crippen LogP contribution in [-0.2, 0) is 6.54 Å². The number of H-pyrrole nitrogens is 1. The SMILES string of the molecule is O=[N+]([O-])c1cccc(NCc2c[nH]c3ccccc23)c1. The lowest BCUT2D eigenvalue weighted by atomic mass is 10.1. The van der Waals surface area contributed by atoms with Crippen molar-refractivity contribution in [3.63, 3.8) is 0 Å². The lowest BCUT2D eigenvalue weighted by molar-refractivity contribution is -0.384. The van der Waals surface area contributed by atoms with Crippen LogP contribution in [0.25, 0.3) is 10.9 Å². The molecule has 0 unspecified atom stereocenters. The molecule has 5 heteroatoms. The van der Waals surface area contributed by atoms with Crippen LogP contribution in [0.15, 0.2) is 54.7 Å². The standard InChI is InChI=1S/C15H13N3O2/c19-18(20)13-5-3-4-12(8-13)16-9-11-10-17-15-7-2-1-6-14(11)15/h1-8,10,16-17H,9H2. The van der Waals surface area contributed by atoms with Gasteiger partial charge in [-0.15, -0.1) is 0 Å². The van der Waals surface area contributed by atoms with Gasteiger partial charge in [-0.3, -0.25) is 10.1 Å². The fourth-order valence-corrected chi connectivity index (χ4v) is 2.20. The van der Waals surface area contributed by atoms with E-state index in [1.807, 2.05) is 30.5 Å². The number of nitrogens with one attached hydrogen (secondary N) is 2. The molecule has 0 aliphatic rings. The van der Waals surface area contributed by atoms with Crippen LogP contribution in [0.2, 0.25) is 0 Å². The summed E-state index contributed by atoms with van der Waals surface area (Å²) in [7, 11) is 0. The maximum Gasteiger partial charge on any atom is 0.271 e. The Bertz CT molecular complexity index is 764. The van der Waals surface area contributed by atoms with Crippen LogP contribution in [-0.4, -0.2) is 9.91 Å². The molecule has 0 radical (unpaired) electrons. The van der Waals surface area contributed by atoms with Crippen molar-refractivity contribution in [1.29, 1.82) is 0 Å².